The first kappa shape index (κ1) is 10.6. The van der Waals surface area contributed by atoms with Gasteiger partial charge in [0.15, 0.2) is 5.82 Å². The first-order valence-electron chi connectivity index (χ1n) is 5.32. The molecule has 0 fully saturated rings. The van der Waals surface area contributed by atoms with E-state index in [9.17, 15) is 5.11 Å². The number of aromatic nitrogens is 2. The Kier molecular flexibility index (Phi) is 2.49. The number of nitrogens with zero attached hydrogens (tertiary/aromatic N) is 2. The number of rotatable bonds is 1. The summed E-state index contributed by atoms with van der Waals surface area (Å²) >= 11 is 1.59. The predicted molar refractivity (Wildman–Crippen MR) is 66.5 cm³/mol. The number of benzene rings is 1. The van der Waals surface area contributed by atoms with Gasteiger partial charge in [-0.2, -0.15) is 0 Å². The second kappa shape index (κ2) is 4.01. The fourth-order valence-corrected chi connectivity index (χ4v) is 2.59. The van der Waals surface area contributed by atoms with Crippen molar-refractivity contribution in [2.24, 2.45) is 0 Å². The predicted octanol–water partition coefficient (Wildman–Crippen LogP) is 2.74. The van der Waals surface area contributed by atoms with Gasteiger partial charge in [-0.05, 0) is 24.6 Å². The van der Waals surface area contributed by atoms with Gasteiger partial charge < -0.3 is 10.4 Å². The highest BCUT2D eigenvalue weighted by Gasteiger charge is 2.18. The summed E-state index contributed by atoms with van der Waals surface area (Å²) in [7, 11) is 0. The van der Waals surface area contributed by atoms with Crippen molar-refractivity contribution in [1.29, 1.82) is 0 Å². The Balaban J connectivity index is 2.03. The third-order valence-electron chi connectivity index (χ3n) is 2.61. The lowest BCUT2D eigenvalue weighted by atomic mass is 10.1. The van der Waals surface area contributed by atoms with E-state index in [1.807, 2.05) is 18.2 Å². The lowest BCUT2D eigenvalue weighted by Gasteiger charge is -2.19. The number of hydrogen-bond donors (Lipinski definition) is 2. The maximum absolute atomic E-state index is 9.56. The van der Waals surface area contributed by atoms with Crippen LogP contribution in [0.25, 0.3) is 0 Å². The molecule has 0 spiro atoms. The molecule has 0 aliphatic carbocycles. The Morgan fingerprint density at radius 1 is 1.29 bits per heavy atom. The maximum atomic E-state index is 9.56. The van der Waals surface area contributed by atoms with Gasteiger partial charge in [0.1, 0.15) is 5.03 Å². The van der Waals surface area contributed by atoms with E-state index in [4.69, 9.17) is 0 Å². The standard InChI is InChI=1S/C12H11N3OS/c1-7(16)8-2-3-10-9(6-8)15-11-12(17-10)14-5-4-13-11/h2-7,16H,1H3,(H,13,15). The topological polar surface area (TPSA) is 58.0 Å². The minimum atomic E-state index is -0.463. The molecule has 3 rings (SSSR count). The number of hydrogen-bond acceptors (Lipinski definition) is 5. The van der Waals surface area contributed by atoms with Crippen molar-refractivity contribution in [3.63, 3.8) is 0 Å². The Morgan fingerprint density at radius 3 is 2.94 bits per heavy atom. The summed E-state index contributed by atoms with van der Waals surface area (Å²) in [6.07, 6.45) is 2.88. The van der Waals surface area contributed by atoms with Crippen LogP contribution in [0.2, 0.25) is 0 Å². The molecule has 1 aliphatic heterocycles. The minimum absolute atomic E-state index is 0.463. The molecule has 1 aromatic heterocycles. The molecular weight excluding hydrogens is 234 g/mol. The molecule has 2 N–H and O–H groups in total. The summed E-state index contributed by atoms with van der Waals surface area (Å²) in [4.78, 5) is 9.60. The fraction of sp³-hybridized carbons (Fsp3) is 0.167. The Hall–Kier alpha value is -1.59. The molecule has 2 aromatic rings. The van der Waals surface area contributed by atoms with Crippen LogP contribution in [0.15, 0.2) is 40.5 Å². The molecule has 5 heteroatoms. The minimum Gasteiger partial charge on any atom is -0.389 e. The zero-order valence-electron chi connectivity index (χ0n) is 9.21. The van der Waals surface area contributed by atoms with Crippen LogP contribution >= 0.6 is 11.8 Å². The summed E-state index contributed by atoms with van der Waals surface area (Å²) in [5.74, 6) is 0.771. The van der Waals surface area contributed by atoms with Gasteiger partial charge in [0.05, 0.1) is 11.8 Å². The zero-order valence-corrected chi connectivity index (χ0v) is 10.0. The lowest BCUT2D eigenvalue weighted by Crippen LogP contribution is -2.04. The van der Waals surface area contributed by atoms with E-state index in [-0.39, 0.29) is 0 Å². The van der Waals surface area contributed by atoms with Gasteiger partial charge in [0, 0.05) is 17.3 Å². The average Bonchev–Trinajstić information content (AvgIpc) is 2.35. The summed E-state index contributed by atoms with van der Waals surface area (Å²) in [5.41, 5.74) is 1.87. The van der Waals surface area contributed by atoms with Crippen molar-refractivity contribution in [3.8, 4) is 0 Å². The van der Waals surface area contributed by atoms with Crippen molar-refractivity contribution >= 4 is 23.3 Å². The van der Waals surface area contributed by atoms with Crippen LogP contribution in [-0.4, -0.2) is 15.1 Å². The van der Waals surface area contributed by atoms with Gasteiger partial charge in [0.2, 0.25) is 0 Å². The van der Waals surface area contributed by atoms with E-state index < -0.39 is 6.10 Å². The van der Waals surface area contributed by atoms with Crippen molar-refractivity contribution < 1.29 is 5.11 Å². The molecule has 0 amide bonds. The van der Waals surface area contributed by atoms with E-state index >= 15 is 0 Å². The Bertz CT molecular complexity index is 571. The number of aliphatic hydroxyl groups excluding tert-OH is 1. The van der Waals surface area contributed by atoms with Gasteiger partial charge in [-0.25, -0.2) is 9.97 Å². The molecule has 1 atom stereocenters. The molecular formula is C12H11N3OS. The van der Waals surface area contributed by atoms with Crippen LogP contribution in [0.3, 0.4) is 0 Å². The molecule has 4 nitrogen and oxygen atoms in total. The summed E-state index contributed by atoms with van der Waals surface area (Å²) in [5, 5.41) is 13.7. The van der Waals surface area contributed by atoms with Crippen molar-refractivity contribution in [2.45, 2.75) is 22.9 Å². The normalized spacial score (nSPS) is 14.5. The van der Waals surface area contributed by atoms with E-state index in [0.717, 1.165) is 27.0 Å². The van der Waals surface area contributed by atoms with Crippen molar-refractivity contribution in [3.05, 3.63) is 36.2 Å². The van der Waals surface area contributed by atoms with Gasteiger partial charge in [-0.1, -0.05) is 17.8 Å². The number of nitrogens with one attached hydrogen (secondary N) is 1. The molecule has 1 unspecified atom stereocenters. The fourth-order valence-electron chi connectivity index (χ4n) is 1.71. The number of aliphatic hydroxyl groups is 1. The van der Waals surface area contributed by atoms with Gasteiger partial charge in [-0.15, -0.1) is 0 Å². The van der Waals surface area contributed by atoms with Crippen LogP contribution in [-0.2, 0) is 0 Å². The summed E-state index contributed by atoms with van der Waals surface area (Å²) in [6, 6.07) is 5.87. The van der Waals surface area contributed by atoms with E-state index in [1.54, 1.807) is 31.1 Å². The highest BCUT2D eigenvalue weighted by molar-refractivity contribution is 7.99. The first-order chi connectivity index (χ1) is 8.24. The Morgan fingerprint density at radius 2 is 2.12 bits per heavy atom. The second-order valence-electron chi connectivity index (χ2n) is 3.87. The average molecular weight is 245 g/mol. The van der Waals surface area contributed by atoms with Gasteiger partial charge >= 0.3 is 0 Å². The lowest BCUT2D eigenvalue weighted by molar-refractivity contribution is 0.199. The third kappa shape index (κ3) is 1.87. The molecule has 2 heterocycles. The molecule has 0 bridgehead atoms. The van der Waals surface area contributed by atoms with Crippen LogP contribution < -0.4 is 5.32 Å². The summed E-state index contributed by atoms with van der Waals surface area (Å²) < 4.78 is 0. The molecule has 0 saturated heterocycles. The molecule has 1 aliphatic rings. The molecule has 86 valence electrons. The van der Waals surface area contributed by atoms with Crippen LogP contribution in [0, 0.1) is 0 Å². The van der Waals surface area contributed by atoms with Gasteiger partial charge in [-0.3, -0.25) is 0 Å². The zero-order chi connectivity index (χ0) is 11.8. The number of anilines is 2. The van der Waals surface area contributed by atoms with Crippen LogP contribution in [0.4, 0.5) is 11.5 Å². The van der Waals surface area contributed by atoms with Crippen molar-refractivity contribution in [2.75, 3.05) is 5.32 Å². The third-order valence-corrected chi connectivity index (χ3v) is 3.68. The monoisotopic (exact) mass is 245 g/mol. The second-order valence-corrected chi connectivity index (χ2v) is 4.90. The Labute approximate surface area is 103 Å². The molecule has 0 saturated carbocycles. The quantitative estimate of drug-likeness (QED) is 0.690. The summed E-state index contributed by atoms with van der Waals surface area (Å²) in [6.45, 7) is 1.76. The molecule has 0 radical (unpaired) electrons. The van der Waals surface area contributed by atoms with E-state index in [1.165, 1.54) is 0 Å². The van der Waals surface area contributed by atoms with Gasteiger partial charge in [0.25, 0.3) is 0 Å². The number of fused-ring (bicyclic) bond motifs is 2. The molecule has 1 aromatic carbocycles. The molecule has 17 heavy (non-hydrogen) atoms. The SMILES string of the molecule is CC(O)c1ccc2c(c1)Nc1nccnc1S2. The van der Waals surface area contributed by atoms with Crippen LogP contribution in [0.5, 0.6) is 0 Å². The largest absolute Gasteiger partial charge is 0.389 e. The van der Waals surface area contributed by atoms with Crippen LogP contribution in [0.1, 0.15) is 18.6 Å². The van der Waals surface area contributed by atoms with Crippen molar-refractivity contribution in [1.82, 2.24) is 9.97 Å². The van der Waals surface area contributed by atoms with E-state index in [0.29, 0.717) is 0 Å². The highest BCUT2D eigenvalue weighted by Crippen LogP contribution is 2.42. The maximum Gasteiger partial charge on any atom is 0.163 e. The first-order valence-corrected chi connectivity index (χ1v) is 6.13. The smallest absolute Gasteiger partial charge is 0.163 e. The highest BCUT2D eigenvalue weighted by atomic mass is 32.2. The van der Waals surface area contributed by atoms with E-state index in [2.05, 4.69) is 15.3 Å².